The molecular weight excluding hydrogens is 652 g/mol. The van der Waals surface area contributed by atoms with E-state index in [4.69, 9.17) is 24.4 Å². The number of ether oxygens (including phenoxy) is 4. The van der Waals surface area contributed by atoms with Crippen molar-refractivity contribution < 1.29 is 53.4 Å². The maximum atomic E-state index is 14.0. The molecule has 0 bridgehead atoms. The predicted molar refractivity (Wildman–Crippen MR) is 179 cm³/mol. The smallest absolute Gasteiger partial charge is 0.417 e. The Bertz CT molecular complexity index is 1500. The van der Waals surface area contributed by atoms with E-state index in [1.54, 1.807) is 102 Å². The van der Waals surface area contributed by atoms with E-state index in [1.165, 1.54) is 6.92 Å². The highest BCUT2D eigenvalue weighted by Gasteiger charge is 2.46. The number of rotatable bonds is 9. The summed E-state index contributed by atoms with van der Waals surface area (Å²) in [6, 6.07) is 14.9. The average Bonchev–Trinajstić information content (AvgIpc) is 2.98. The molecule has 3 rings (SSSR count). The van der Waals surface area contributed by atoms with Gasteiger partial charge in [-0.05, 0) is 65.2 Å². The Balaban J connectivity index is 2.17. The van der Waals surface area contributed by atoms with Gasteiger partial charge in [0, 0.05) is 13.3 Å². The molecule has 2 aromatic carbocycles. The van der Waals surface area contributed by atoms with E-state index >= 15 is 0 Å². The lowest BCUT2D eigenvalue weighted by Crippen LogP contribution is -2.64. The molecule has 0 radical (unpaired) electrons. The minimum Gasteiger partial charge on any atom is -0.481 e. The van der Waals surface area contributed by atoms with Crippen molar-refractivity contribution in [3.8, 4) is 0 Å². The van der Waals surface area contributed by atoms with E-state index in [0.29, 0.717) is 16.0 Å². The maximum Gasteiger partial charge on any atom is 0.417 e. The summed E-state index contributed by atoms with van der Waals surface area (Å²) in [7, 11) is 0. The number of carbonyl (C=O) groups is 4. The van der Waals surface area contributed by atoms with Crippen LogP contribution in [0.2, 0.25) is 0 Å². The van der Waals surface area contributed by atoms with Gasteiger partial charge in [0.15, 0.2) is 6.10 Å². The van der Waals surface area contributed by atoms with Gasteiger partial charge in [-0.1, -0.05) is 60.7 Å². The predicted octanol–water partition coefficient (Wildman–Crippen LogP) is 3.58. The first kappa shape index (κ1) is 39.4. The van der Waals surface area contributed by atoms with Gasteiger partial charge in [-0.25, -0.2) is 19.3 Å². The van der Waals surface area contributed by atoms with Crippen molar-refractivity contribution in [3.63, 3.8) is 0 Å². The van der Waals surface area contributed by atoms with Crippen LogP contribution in [-0.4, -0.2) is 85.6 Å². The second-order valence-corrected chi connectivity index (χ2v) is 13.6. The largest absolute Gasteiger partial charge is 0.481 e. The highest BCUT2D eigenvalue weighted by atomic mass is 16.7. The molecule has 0 aliphatic carbocycles. The molecule has 3 amide bonds. The van der Waals surface area contributed by atoms with Crippen molar-refractivity contribution in [3.05, 3.63) is 83.6 Å². The van der Waals surface area contributed by atoms with Gasteiger partial charge in [0.1, 0.15) is 17.3 Å². The van der Waals surface area contributed by atoms with Crippen LogP contribution in [0, 0.1) is 5.41 Å². The van der Waals surface area contributed by atoms with Crippen LogP contribution < -0.4 is 10.6 Å². The second-order valence-electron chi connectivity index (χ2n) is 13.6. The Morgan fingerprint density at radius 3 is 1.86 bits per heavy atom. The number of hydrogen-bond acceptors (Lipinski definition) is 12. The lowest BCUT2D eigenvalue weighted by Gasteiger charge is -2.42. The molecule has 0 saturated heterocycles. The first-order valence-corrected chi connectivity index (χ1v) is 15.9. The number of hydrogen-bond donors (Lipinski definition) is 6. The van der Waals surface area contributed by atoms with E-state index in [1.807, 2.05) is 0 Å². The summed E-state index contributed by atoms with van der Waals surface area (Å²) in [5, 5.41) is 42.8. The van der Waals surface area contributed by atoms with Crippen molar-refractivity contribution >= 4 is 30.0 Å². The van der Waals surface area contributed by atoms with Gasteiger partial charge in [-0.2, -0.15) is 0 Å². The van der Waals surface area contributed by atoms with Crippen LogP contribution >= 0.6 is 0 Å². The van der Waals surface area contributed by atoms with Gasteiger partial charge in [0.2, 0.25) is 17.6 Å². The number of alkyl carbamates (subject to hydrolysis) is 1. The number of aliphatic hydroxyl groups is 3. The number of nitrogens with zero attached hydrogens (tertiary/aromatic N) is 1. The summed E-state index contributed by atoms with van der Waals surface area (Å²) < 4.78 is 22.8. The Kier molecular flexibility index (Phi) is 12.7. The zero-order valence-electron chi connectivity index (χ0n) is 29.1. The third-order valence-electron chi connectivity index (χ3n) is 6.88. The molecule has 0 spiro atoms. The van der Waals surface area contributed by atoms with Crippen LogP contribution in [0.15, 0.2) is 72.5 Å². The van der Waals surface area contributed by atoms with Gasteiger partial charge in [0.05, 0.1) is 12.1 Å². The standard InChI is InChI=1S/C35H46N4O11/c1-21(40)37-27-24(39(32(43)50-34(5,6)7)30(36)38-31(42)49-33(2,3)4)20-26(47-25(27)18-19-35(44,45)46)29(41)48-28(22-14-10-8-11-15-22)23-16-12-9-13-17-23/h8-17,20,24-25,27-28,44-46H,18-19H2,1-7H3,(H,37,40)(H2,36,38,42)/t24-,25+,27+/m0/s1. The molecule has 0 aromatic heterocycles. The maximum absolute atomic E-state index is 14.0. The molecule has 1 heterocycles. The highest BCUT2D eigenvalue weighted by molar-refractivity contribution is 6.00. The summed E-state index contributed by atoms with van der Waals surface area (Å²) in [5.41, 5.74) is -0.835. The topological polar surface area (TPSA) is 217 Å². The molecule has 2 aromatic rings. The minimum atomic E-state index is -3.16. The molecule has 50 heavy (non-hydrogen) atoms. The van der Waals surface area contributed by atoms with Crippen molar-refractivity contribution in [2.24, 2.45) is 0 Å². The molecule has 0 saturated carbocycles. The summed E-state index contributed by atoms with van der Waals surface area (Å²) in [4.78, 5) is 53.7. The van der Waals surface area contributed by atoms with Crippen molar-refractivity contribution in [1.82, 2.24) is 15.5 Å². The fourth-order valence-electron chi connectivity index (χ4n) is 4.98. The van der Waals surface area contributed by atoms with Gasteiger partial charge in [-0.3, -0.25) is 15.5 Å². The summed E-state index contributed by atoms with van der Waals surface area (Å²) in [6.07, 6.45) is -4.49. The first-order valence-electron chi connectivity index (χ1n) is 15.9. The monoisotopic (exact) mass is 698 g/mol. The van der Waals surface area contributed by atoms with Gasteiger partial charge in [0.25, 0.3) is 5.97 Å². The molecule has 15 heteroatoms. The van der Waals surface area contributed by atoms with Crippen molar-refractivity contribution in [2.75, 3.05) is 0 Å². The zero-order chi connectivity index (χ0) is 37.4. The highest BCUT2D eigenvalue weighted by Crippen LogP contribution is 2.32. The van der Waals surface area contributed by atoms with E-state index in [0.717, 1.165) is 6.08 Å². The number of carbonyl (C=O) groups excluding carboxylic acids is 4. The van der Waals surface area contributed by atoms with E-state index < -0.39 is 90.1 Å². The third-order valence-corrected chi connectivity index (χ3v) is 6.88. The molecule has 15 nitrogen and oxygen atoms in total. The van der Waals surface area contributed by atoms with Crippen LogP contribution in [-0.2, 0) is 28.5 Å². The summed E-state index contributed by atoms with van der Waals surface area (Å²) in [6.45, 7) is 10.7. The molecule has 3 atom stereocenters. The van der Waals surface area contributed by atoms with E-state index in [-0.39, 0.29) is 0 Å². The number of amides is 3. The van der Waals surface area contributed by atoms with Crippen LogP contribution in [0.4, 0.5) is 9.59 Å². The lowest BCUT2D eigenvalue weighted by atomic mass is 9.93. The quantitative estimate of drug-likeness (QED) is 0.0731. The van der Waals surface area contributed by atoms with Crippen LogP contribution in [0.3, 0.4) is 0 Å². The summed E-state index contributed by atoms with van der Waals surface area (Å²) >= 11 is 0. The number of esters is 1. The Morgan fingerprint density at radius 2 is 1.40 bits per heavy atom. The van der Waals surface area contributed by atoms with Crippen LogP contribution in [0.5, 0.6) is 0 Å². The molecule has 272 valence electrons. The molecule has 0 fully saturated rings. The Morgan fingerprint density at radius 1 is 0.880 bits per heavy atom. The van der Waals surface area contributed by atoms with Gasteiger partial charge < -0.3 is 39.6 Å². The number of guanidine groups is 1. The lowest BCUT2D eigenvalue weighted by molar-refractivity contribution is -0.316. The van der Waals surface area contributed by atoms with Crippen molar-refractivity contribution in [2.45, 2.75) is 103 Å². The molecule has 1 aliphatic rings. The van der Waals surface area contributed by atoms with Crippen LogP contribution in [0.1, 0.15) is 78.5 Å². The minimum absolute atomic E-state index is 0.397. The molecule has 6 N–H and O–H groups in total. The summed E-state index contributed by atoms with van der Waals surface area (Å²) in [5.74, 6) is -6.12. The normalized spacial score (nSPS) is 17.8. The number of benzene rings is 2. The second kappa shape index (κ2) is 16.1. The first-order chi connectivity index (χ1) is 23.1. The van der Waals surface area contributed by atoms with Crippen molar-refractivity contribution in [1.29, 1.82) is 5.41 Å². The molecule has 1 aliphatic heterocycles. The zero-order valence-corrected chi connectivity index (χ0v) is 29.1. The Hall–Kier alpha value is -4.99. The Labute approximate surface area is 290 Å². The number of nitrogens with one attached hydrogen (secondary N) is 3. The van der Waals surface area contributed by atoms with Crippen LogP contribution in [0.25, 0.3) is 0 Å². The third kappa shape index (κ3) is 12.2. The van der Waals surface area contributed by atoms with E-state index in [9.17, 15) is 34.5 Å². The molecular formula is C35H46N4O11. The van der Waals surface area contributed by atoms with Gasteiger partial charge in [-0.15, -0.1) is 0 Å². The fraction of sp³-hybridized carbons (Fsp3) is 0.457. The average molecular weight is 699 g/mol. The SMILES string of the molecule is CC(=O)N[C@H]1[C@@H](CCC(O)(O)O)OC(C(=O)OC(c2ccccc2)c2ccccc2)=C[C@@H]1N(C(=N)NC(=O)OC(C)(C)C)C(=O)OC(C)(C)C. The molecule has 0 unspecified atom stereocenters. The van der Waals surface area contributed by atoms with Gasteiger partial charge >= 0.3 is 18.2 Å². The fourth-order valence-corrected chi connectivity index (χ4v) is 4.98. The van der Waals surface area contributed by atoms with E-state index in [2.05, 4.69) is 10.6 Å².